The summed E-state index contributed by atoms with van der Waals surface area (Å²) in [6, 6.07) is 3.66. The quantitative estimate of drug-likeness (QED) is 0.445. The van der Waals surface area contributed by atoms with Crippen LogP contribution in [0.3, 0.4) is 0 Å². The van der Waals surface area contributed by atoms with Crippen molar-refractivity contribution >= 4 is 35.1 Å². The molecule has 0 saturated carbocycles. The number of hydrogen-bond acceptors (Lipinski definition) is 6. The van der Waals surface area contributed by atoms with Gasteiger partial charge in [0.15, 0.2) is 6.61 Å². The lowest BCUT2D eigenvalue weighted by atomic mass is 10.0. The number of nitrogens with one attached hydrogen (secondary N) is 1. The normalized spacial score (nSPS) is 16.5. The highest BCUT2D eigenvalue weighted by Gasteiger charge is 2.24. The maximum Gasteiger partial charge on any atom is 0.325 e. The van der Waals surface area contributed by atoms with Crippen LogP contribution in [0.5, 0.6) is 0 Å². The summed E-state index contributed by atoms with van der Waals surface area (Å²) in [6.45, 7) is 1.75. The number of rotatable bonds is 6. The van der Waals surface area contributed by atoms with E-state index in [9.17, 15) is 24.5 Å². The molecule has 1 N–H and O–H groups in total. The van der Waals surface area contributed by atoms with E-state index in [-0.39, 0.29) is 29.1 Å². The fourth-order valence-electron chi connectivity index (χ4n) is 2.79. The van der Waals surface area contributed by atoms with E-state index < -0.39 is 29.0 Å². The predicted octanol–water partition coefficient (Wildman–Crippen LogP) is 1.92. The van der Waals surface area contributed by atoms with Gasteiger partial charge in [-0.25, -0.2) is 0 Å². The van der Waals surface area contributed by atoms with Crippen molar-refractivity contribution in [3.63, 3.8) is 0 Å². The van der Waals surface area contributed by atoms with Crippen molar-refractivity contribution in [3.8, 4) is 0 Å². The van der Waals surface area contributed by atoms with Crippen molar-refractivity contribution in [3.05, 3.63) is 38.9 Å². The van der Waals surface area contributed by atoms with E-state index in [1.54, 1.807) is 4.90 Å². The van der Waals surface area contributed by atoms with Gasteiger partial charge in [0.1, 0.15) is 11.6 Å². The Balaban J connectivity index is 1.81. The molecular formula is C17H20ClN3O6. The van der Waals surface area contributed by atoms with E-state index in [2.05, 4.69) is 5.32 Å². The first-order chi connectivity index (χ1) is 12.8. The van der Waals surface area contributed by atoms with Gasteiger partial charge in [0.25, 0.3) is 17.5 Å². The Kier molecular flexibility index (Phi) is 7.12. The first kappa shape index (κ1) is 20.6. The van der Waals surface area contributed by atoms with Crippen molar-refractivity contribution in [1.29, 1.82) is 0 Å². The number of piperidine rings is 1. The molecule has 1 aromatic carbocycles. The standard InChI is InChI=1S/C17H20ClN3O6/c1-11-4-2-3-7-20(11)15(22)10-27-16(23)9-19-17(24)12-5-6-13(18)14(8-12)21(25)26/h5-6,8,11H,2-4,7,9-10H2,1H3,(H,19,24)/t11-/m0/s1. The van der Waals surface area contributed by atoms with Crippen LogP contribution in [0.25, 0.3) is 0 Å². The molecule has 1 saturated heterocycles. The number of nitrogens with zero attached hydrogens (tertiary/aromatic N) is 2. The van der Waals surface area contributed by atoms with Crippen LogP contribution in [0.4, 0.5) is 5.69 Å². The molecule has 1 heterocycles. The van der Waals surface area contributed by atoms with Gasteiger partial charge in [-0.1, -0.05) is 11.6 Å². The van der Waals surface area contributed by atoms with Gasteiger partial charge in [0, 0.05) is 24.2 Å². The second kappa shape index (κ2) is 9.31. The number of amides is 2. The first-order valence-electron chi connectivity index (χ1n) is 8.47. The van der Waals surface area contributed by atoms with Crippen LogP contribution >= 0.6 is 11.6 Å². The minimum Gasteiger partial charge on any atom is -0.454 e. The molecule has 0 unspecified atom stereocenters. The van der Waals surface area contributed by atoms with Gasteiger partial charge < -0.3 is 15.0 Å². The molecule has 0 bridgehead atoms. The average molecular weight is 398 g/mol. The van der Waals surface area contributed by atoms with Gasteiger partial charge >= 0.3 is 5.97 Å². The SMILES string of the molecule is C[C@H]1CCCCN1C(=O)COC(=O)CNC(=O)c1ccc(Cl)c([N+](=O)[O-])c1. The number of hydrogen-bond donors (Lipinski definition) is 1. The van der Waals surface area contributed by atoms with E-state index in [4.69, 9.17) is 16.3 Å². The minimum absolute atomic E-state index is 0.0166. The number of nitro benzene ring substituents is 1. The molecule has 1 aliphatic heterocycles. The third kappa shape index (κ3) is 5.65. The summed E-state index contributed by atoms with van der Waals surface area (Å²) in [7, 11) is 0. The average Bonchev–Trinajstić information content (AvgIpc) is 2.64. The smallest absolute Gasteiger partial charge is 0.325 e. The highest BCUT2D eigenvalue weighted by Crippen LogP contribution is 2.25. The molecule has 9 nitrogen and oxygen atoms in total. The molecule has 1 aliphatic rings. The van der Waals surface area contributed by atoms with Crippen molar-refractivity contribution in [1.82, 2.24) is 10.2 Å². The van der Waals surface area contributed by atoms with Crippen molar-refractivity contribution in [2.24, 2.45) is 0 Å². The summed E-state index contributed by atoms with van der Waals surface area (Å²) >= 11 is 5.69. The van der Waals surface area contributed by atoms with E-state index >= 15 is 0 Å². The number of ether oxygens (including phenoxy) is 1. The molecule has 0 spiro atoms. The largest absolute Gasteiger partial charge is 0.454 e. The highest BCUT2D eigenvalue weighted by molar-refractivity contribution is 6.32. The Morgan fingerprint density at radius 2 is 2.11 bits per heavy atom. The summed E-state index contributed by atoms with van der Waals surface area (Å²) < 4.78 is 4.90. The number of esters is 1. The first-order valence-corrected chi connectivity index (χ1v) is 8.84. The molecule has 1 aromatic rings. The van der Waals surface area contributed by atoms with Crippen molar-refractivity contribution < 1.29 is 24.0 Å². The number of benzene rings is 1. The van der Waals surface area contributed by atoms with E-state index in [0.29, 0.717) is 6.54 Å². The van der Waals surface area contributed by atoms with Crippen LogP contribution in [-0.4, -0.2) is 53.3 Å². The lowest BCUT2D eigenvalue weighted by molar-refractivity contribution is -0.384. The van der Waals surface area contributed by atoms with E-state index in [1.807, 2.05) is 6.92 Å². The van der Waals surface area contributed by atoms with Crippen LogP contribution < -0.4 is 5.32 Å². The summed E-state index contributed by atoms with van der Waals surface area (Å²) in [5, 5.41) is 13.0. The molecule has 0 radical (unpaired) electrons. The molecule has 146 valence electrons. The predicted molar refractivity (Wildman–Crippen MR) is 96.4 cm³/mol. The molecule has 27 heavy (non-hydrogen) atoms. The second-order valence-electron chi connectivity index (χ2n) is 6.20. The van der Waals surface area contributed by atoms with E-state index in [1.165, 1.54) is 12.1 Å². The highest BCUT2D eigenvalue weighted by atomic mass is 35.5. The zero-order chi connectivity index (χ0) is 20.0. The Labute approximate surface area is 160 Å². The van der Waals surface area contributed by atoms with Gasteiger partial charge in [0.05, 0.1) is 4.92 Å². The molecule has 0 aliphatic carbocycles. The maximum absolute atomic E-state index is 12.1. The number of nitro groups is 1. The Bertz CT molecular complexity index is 754. The molecule has 10 heteroatoms. The lowest BCUT2D eigenvalue weighted by Crippen LogP contribution is -2.44. The zero-order valence-corrected chi connectivity index (χ0v) is 15.5. The van der Waals surface area contributed by atoms with Gasteiger partial charge in [-0.3, -0.25) is 24.5 Å². The van der Waals surface area contributed by atoms with Crippen LogP contribution in [0.15, 0.2) is 18.2 Å². The van der Waals surface area contributed by atoms with Gasteiger partial charge in [-0.15, -0.1) is 0 Å². The van der Waals surface area contributed by atoms with Crippen LogP contribution in [-0.2, 0) is 14.3 Å². The summed E-state index contributed by atoms with van der Waals surface area (Å²) in [5.41, 5.74) is -0.426. The molecular weight excluding hydrogens is 378 g/mol. The Morgan fingerprint density at radius 1 is 1.37 bits per heavy atom. The molecule has 2 rings (SSSR count). The van der Waals surface area contributed by atoms with Gasteiger partial charge in [-0.05, 0) is 38.3 Å². The van der Waals surface area contributed by atoms with Crippen LogP contribution in [0, 0.1) is 10.1 Å². The summed E-state index contributed by atoms with van der Waals surface area (Å²) in [5.74, 6) is -1.73. The Hall–Kier alpha value is -2.68. The van der Waals surface area contributed by atoms with Crippen LogP contribution in [0.2, 0.25) is 5.02 Å². The molecule has 1 atom stereocenters. The molecule has 2 amide bonds. The zero-order valence-electron chi connectivity index (χ0n) is 14.8. The van der Waals surface area contributed by atoms with Crippen molar-refractivity contribution in [2.75, 3.05) is 19.7 Å². The third-order valence-corrected chi connectivity index (χ3v) is 4.60. The van der Waals surface area contributed by atoms with Crippen LogP contribution in [0.1, 0.15) is 36.5 Å². The monoisotopic (exact) mass is 397 g/mol. The third-order valence-electron chi connectivity index (χ3n) is 4.28. The topological polar surface area (TPSA) is 119 Å². The Morgan fingerprint density at radius 3 is 2.78 bits per heavy atom. The maximum atomic E-state index is 12.1. The second-order valence-corrected chi connectivity index (χ2v) is 6.61. The fraction of sp³-hybridized carbons (Fsp3) is 0.471. The summed E-state index contributed by atoms with van der Waals surface area (Å²) in [6.07, 6.45) is 2.91. The number of likely N-dealkylation sites (tertiary alicyclic amines) is 1. The number of carbonyl (C=O) groups excluding carboxylic acids is 3. The minimum atomic E-state index is -0.773. The van der Waals surface area contributed by atoms with Crippen molar-refractivity contribution in [2.45, 2.75) is 32.2 Å². The molecule has 1 fully saturated rings. The lowest BCUT2D eigenvalue weighted by Gasteiger charge is -2.33. The fourth-order valence-corrected chi connectivity index (χ4v) is 2.98. The number of carbonyl (C=O) groups is 3. The van der Waals surface area contributed by atoms with Gasteiger partial charge in [0.2, 0.25) is 0 Å². The van der Waals surface area contributed by atoms with E-state index in [0.717, 1.165) is 25.3 Å². The number of halogens is 1. The molecule has 0 aromatic heterocycles. The summed E-state index contributed by atoms with van der Waals surface area (Å²) in [4.78, 5) is 47.7. The van der Waals surface area contributed by atoms with Gasteiger partial charge in [-0.2, -0.15) is 0 Å².